The molecule has 0 spiro atoms. The van der Waals surface area contributed by atoms with Crippen LogP contribution in [0.1, 0.15) is 25.7 Å². The summed E-state index contributed by atoms with van der Waals surface area (Å²) < 4.78 is 5.40. The maximum Gasteiger partial charge on any atom is 0.169 e. The predicted octanol–water partition coefficient (Wildman–Crippen LogP) is 1.07. The maximum absolute atomic E-state index is 9.44. The van der Waals surface area contributed by atoms with Gasteiger partial charge in [0, 0.05) is 45.8 Å². The van der Waals surface area contributed by atoms with Crippen LogP contribution in [0.15, 0.2) is 11.4 Å². The number of morpholine rings is 1. The third-order valence-electron chi connectivity index (χ3n) is 5.79. The Labute approximate surface area is 163 Å². The molecule has 0 atom stereocenters. The average molecular weight is 373 g/mol. The van der Waals surface area contributed by atoms with Gasteiger partial charge in [-0.3, -0.25) is 4.90 Å². The molecule has 3 aliphatic rings. The summed E-state index contributed by atoms with van der Waals surface area (Å²) in [5.74, 6) is 0.864. The normalized spacial score (nSPS) is 21.5. The van der Waals surface area contributed by atoms with Gasteiger partial charge in [-0.15, -0.1) is 0 Å². The lowest BCUT2D eigenvalue weighted by Crippen LogP contribution is -2.38. The van der Waals surface area contributed by atoms with Gasteiger partial charge >= 0.3 is 0 Å². The van der Waals surface area contributed by atoms with E-state index in [1.165, 1.54) is 25.9 Å². The van der Waals surface area contributed by atoms with Crippen molar-refractivity contribution in [2.45, 2.75) is 25.7 Å². The first-order valence-corrected chi connectivity index (χ1v) is 10.4. The molecule has 0 saturated carbocycles. The van der Waals surface area contributed by atoms with Crippen LogP contribution in [0.25, 0.3) is 0 Å². The summed E-state index contributed by atoms with van der Waals surface area (Å²) in [5, 5.41) is 18.9. The van der Waals surface area contributed by atoms with E-state index in [0.29, 0.717) is 0 Å². The first kappa shape index (κ1) is 19.9. The van der Waals surface area contributed by atoms with Crippen molar-refractivity contribution < 1.29 is 4.74 Å². The predicted molar refractivity (Wildman–Crippen MR) is 104 cm³/mol. The molecule has 3 aliphatic heterocycles. The van der Waals surface area contributed by atoms with Crippen molar-refractivity contribution in [1.29, 1.82) is 10.5 Å². The second-order valence-electron chi connectivity index (χ2n) is 7.61. The van der Waals surface area contributed by atoms with Gasteiger partial charge in [0.15, 0.2) is 5.57 Å². The lowest BCUT2D eigenvalue weighted by Gasteiger charge is -2.29. The van der Waals surface area contributed by atoms with Crippen LogP contribution < -0.4 is 0 Å². The summed E-state index contributed by atoms with van der Waals surface area (Å²) in [6.45, 7) is 11.9. The lowest BCUT2D eigenvalue weighted by molar-refractivity contribution is 0.0366. The molecular formula is C20H32N6O. The minimum atomic E-state index is 0.264. The Morgan fingerprint density at radius 2 is 1.26 bits per heavy atom. The SMILES string of the molecule is N#CC(C#N)=C1N(CCCN2CCCC2)CCN1CCCN1CCOCC1. The van der Waals surface area contributed by atoms with E-state index in [1.54, 1.807) is 0 Å². The first-order valence-electron chi connectivity index (χ1n) is 10.4. The Morgan fingerprint density at radius 3 is 1.78 bits per heavy atom. The maximum atomic E-state index is 9.44. The molecule has 0 N–H and O–H groups in total. The molecule has 3 fully saturated rings. The van der Waals surface area contributed by atoms with E-state index in [2.05, 4.69) is 31.7 Å². The van der Waals surface area contributed by atoms with E-state index in [1.807, 2.05) is 0 Å². The van der Waals surface area contributed by atoms with Gasteiger partial charge in [-0.1, -0.05) is 0 Å². The highest BCUT2D eigenvalue weighted by molar-refractivity contribution is 5.40. The van der Waals surface area contributed by atoms with Crippen molar-refractivity contribution in [2.75, 3.05) is 78.7 Å². The fraction of sp³-hybridized carbons (Fsp3) is 0.800. The number of allylic oxidation sites excluding steroid dienone is 1. The van der Waals surface area contributed by atoms with Gasteiger partial charge in [0.05, 0.1) is 13.2 Å². The zero-order valence-electron chi connectivity index (χ0n) is 16.4. The van der Waals surface area contributed by atoms with E-state index in [4.69, 9.17) is 4.74 Å². The number of nitrogens with zero attached hydrogens (tertiary/aromatic N) is 6. The smallest absolute Gasteiger partial charge is 0.169 e. The van der Waals surface area contributed by atoms with E-state index in [-0.39, 0.29) is 5.57 Å². The summed E-state index contributed by atoms with van der Waals surface area (Å²) in [7, 11) is 0. The van der Waals surface area contributed by atoms with Crippen molar-refractivity contribution in [3.63, 3.8) is 0 Å². The van der Waals surface area contributed by atoms with Crippen molar-refractivity contribution in [3.05, 3.63) is 11.4 Å². The van der Waals surface area contributed by atoms with Crippen LogP contribution in [0.2, 0.25) is 0 Å². The molecule has 7 heteroatoms. The van der Waals surface area contributed by atoms with Gasteiger partial charge in [0.1, 0.15) is 18.0 Å². The van der Waals surface area contributed by atoms with Crippen LogP contribution >= 0.6 is 0 Å². The van der Waals surface area contributed by atoms with Gasteiger partial charge in [-0.25, -0.2) is 0 Å². The van der Waals surface area contributed by atoms with Crippen molar-refractivity contribution in [1.82, 2.24) is 19.6 Å². The molecule has 0 aromatic carbocycles. The Balaban J connectivity index is 1.51. The Morgan fingerprint density at radius 1 is 0.741 bits per heavy atom. The summed E-state index contributed by atoms with van der Waals surface area (Å²) in [5.41, 5.74) is 0.264. The van der Waals surface area contributed by atoms with Gasteiger partial charge in [0.2, 0.25) is 0 Å². The first-order chi connectivity index (χ1) is 13.3. The summed E-state index contributed by atoms with van der Waals surface area (Å²) in [6.07, 6.45) is 4.78. The van der Waals surface area contributed by atoms with Crippen molar-refractivity contribution >= 4 is 0 Å². The highest BCUT2D eigenvalue weighted by Crippen LogP contribution is 2.23. The molecule has 0 unspecified atom stereocenters. The second-order valence-corrected chi connectivity index (χ2v) is 7.61. The molecule has 3 rings (SSSR count). The highest BCUT2D eigenvalue weighted by atomic mass is 16.5. The third kappa shape index (κ3) is 5.59. The molecule has 148 valence electrons. The molecule has 0 amide bonds. The Bertz CT molecular complexity index is 564. The molecular weight excluding hydrogens is 340 g/mol. The van der Waals surface area contributed by atoms with Gasteiger partial charge in [-0.2, -0.15) is 10.5 Å². The third-order valence-corrected chi connectivity index (χ3v) is 5.79. The van der Waals surface area contributed by atoms with E-state index in [0.717, 1.165) is 84.2 Å². The van der Waals surface area contributed by atoms with Gasteiger partial charge in [0.25, 0.3) is 0 Å². The van der Waals surface area contributed by atoms with Crippen molar-refractivity contribution in [3.8, 4) is 12.1 Å². The molecule has 7 nitrogen and oxygen atoms in total. The molecule has 3 saturated heterocycles. The minimum absolute atomic E-state index is 0.264. The number of ether oxygens (including phenoxy) is 1. The largest absolute Gasteiger partial charge is 0.379 e. The summed E-state index contributed by atoms with van der Waals surface area (Å²) >= 11 is 0. The van der Waals surface area contributed by atoms with Crippen LogP contribution in [0, 0.1) is 22.7 Å². The van der Waals surface area contributed by atoms with Gasteiger partial charge < -0.3 is 19.4 Å². The average Bonchev–Trinajstić information content (AvgIpc) is 3.35. The molecule has 0 bridgehead atoms. The molecule has 3 heterocycles. The lowest BCUT2D eigenvalue weighted by atomic mass is 10.2. The molecule has 0 aliphatic carbocycles. The second kappa shape index (κ2) is 10.5. The highest BCUT2D eigenvalue weighted by Gasteiger charge is 2.28. The van der Waals surface area contributed by atoms with Crippen molar-refractivity contribution in [2.24, 2.45) is 0 Å². The van der Waals surface area contributed by atoms with E-state index >= 15 is 0 Å². The fourth-order valence-electron chi connectivity index (χ4n) is 4.33. The van der Waals surface area contributed by atoms with Crippen LogP contribution in [0.4, 0.5) is 0 Å². The fourth-order valence-corrected chi connectivity index (χ4v) is 4.33. The number of nitriles is 2. The number of hydrogen-bond donors (Lipinski definition) is 0. The zero-order valence-corrected chi connectivity index (χ0v) is 16.4. The van der Waals surface area contributed by atoms with Crippen LogP contribution in [0.3, 0.4) is 0 Å². The quantitative estimate of drug-likeness (QED) is 0.590. The Hall–Kier alpha value is -1.80. The zero-order chi connectivity index (χ0) is 18.9. The molecule has 0 aromatic heterocycles. The monoisotopic (exact) mass is 372 g/mol. The van der Waals surface area contributed by atoms with E-state index < -0.39 is 0 Å². The van der Waals surface area contributed by atoms with Crippen LogP contribution in [0.5, 0.6) is 0 Å². The summed E-state index contributed by atoms with van der Waals surface area (Å²) in [6, 6.07) is 4.25. The minimum Gasteiger partial charge on any atom is -0.379 e. The van der Waals surface area contributed by atoms with Gasteiger partial charge in [-0.05, 0) is 45.3 Å². The molecule has 27 heavy (non-hydrogen) atoms. The van der Waals surface area contributed by atoms with Crippen LogP contribution in [-0.4, -0.2) is 98.3 Å². The molecule has 0 radical (unpaired) electrons. The molecule has 0 aromatic rings. The topological polar surface area (TPSA) is 69.8 Å². The van der Waals surface area contributed by atoms with Crippen LogP contribution in [-0.2, 0) is 4.74 Å². The number of hydrogen-bond acceptors (Lipinski definition) is 7. The number of likely N-dealkylation sites (tertiary alicyclic amines) is 1. The summed E-state index contributed by atoms with van der Waals surface area (Å²) in [4.78, 5) is 9.46. The number of rotatable bonds is 8. The Kier molecular flexibility index (Phi) is 7.77. The van der Waals surface area contributed by atoms with E-state index in [9.17, 15) is 10.5 Å². The standard InChI is InChI=1S/C20H32N6O/c21-17-19(18-22)20-25(9-3-7-23-5-1-2-6-23)11-12-26(20)10-4-8-24-13-15-27-16-14-24/h1-16H2.